The Morgan fingerprint density at radius 2 is 1.69 bits per heavy atom. The van der Waals surface area contributed by atoms with Gasteiger partial charge in [-0.2, -0.15) is 0 Å². The molecule has 6 heteroatoms. The van der Waals surface area contributed by atoms with Crippen molar-refractivity contribution in [3.8, 4) is 5.75 Å². The number of likely N-dealkylation sites (tertiary alicyclic amines) is 1. The molecule has 0 saturated carbocycles. The van der Waals surface area contributed by atoms with Crippen molar-refractivity contribution < 1.29 is 14.3 Å². The van der Waals surface area contributed by atoms with Crippen LogP contribution in [0.2, 0.25) is 5.02 Å². The van der Waals surface area contributed by atoms with E-state index in [1.165, 1.54) is 0 Å². The van der Waals surface area contributed by atoms with Crippen molar-refractivity contribution in [2.24, 2.45) is 0 Å². The molecule has 0 aromatic heterocycles. The molecular weight excluding hydrogens is 388 g/mol. The van der Waals surface area contributed by atoms with Crippen molar-refractivity contribution in [1.29, 1.82) is 0 Å². The highest BCUT2D eigenvalue weighted by molar-refractivity contribution is 6.32. The summed E-state index contributed by atoms with van der Waals surface area (Å²) in [7, 11) is 0. The Morgan fingerprint density at radius 3 is 2.31 bits per heavy atom. The summed E-state index contributed by atoms with van der Waals surface area (Å²) < 4.78 is 5.68. The number of ether oxygens (including phenoxy) is 1. The van der Waals surface area contributed by atoms with Crippen LogP contribution in [0.5, 0.6) is 5.75 Å². The summed E-state index contributed by atoms with van der Waals surface area (Å²) in [5.74, 6) is 0.557. The first kappa shape index (κ1) is 21.2. The van der Waals surface area contributed by atoms with Crippen LogP contribution in [0.15, 0.2) is 36.4 Å². The predicted octanol–water partition coefficient (Wildman–Crippen LogP) is 4.07. The Hall–Kier alpha value is -2.53. The number of amides is 2. The molecule has 0 radical (unpaired) electrons. The van der Waals surface area contributed by atoms with Gasteiger partial charge >= 0.3 is 0 Å². The highest BCUT2D eigenvalue weighted by atomic mass is 35.5. The maximum absolute atomic E-state index is 12.5. The van der Waals surface area contributed by atoms with Crippen LogP contribution in [0.4, 0.5) is 0 Å². The van der Waals surface area contributed by atoms with Crippen molar-refractivity contribution in [1.82, 2.24) is 10.2 Å². The smallest absolute Gasteiger partial charge is 0.260 e. The topological polar surface area (TPSA) is 58.6 Å². The maximum atomic E-state index is 12.5. The molecular formula is C23H27ClN2O3. The standard InChI is InChI=1S/C23H27ClN2O3/c1-15-6-4-5-7-20(15)23(28)25-18-8-10-26(11-9-18)21(27)14-29-19-12-16(2)22(24)17(3)13-19/h4-7,12-13,18H,8-11,14H2,1-3H3,(H,25,28). The molecule has 1 aliphatic rings. The highest BCUT2D eigenvalue weighted by Gasteiger charge is 2.24. The van der Waals surface area contributed by atoms with Gasteiger partial charge in [-0.3, -0.25) is 9.59 Å². The number of nitrogens with zero attached hydrogens (tertiary/aromatic N) is 1. The molecule has 29 heavy (non-hydrogen) atoms. The summed E-state index contributed by atoms with van der Waals surface area (Å²) in [6, 6.07) is 11.3. The third-order valence-corrected chi connectivity index (χ3v) is 5.94. The van der Waals surface area contributed by atoms with E-state index < -0.39 is 0 Å². The number of halogens is 1. The fourth-order valence-electron chi connectivity index (χ4n) is 3.59. The molecule has 1 heterocycles. The number of piperidine rings is 1. The molecule has 0 unspecified atom stereocenters. The average molecular weight is 415 g/mol. The van der Waals surface area contributed by atoms with Crippen LogP contribution in [0, 0.1) is 20.8 Å². The number of nitrogens with one attached hydrogen (secondary N) is 1. The van der Waals surface area contributed by atoms with E-state index in [0.717, 1.165) is 34.6 Å². The van der Waals surface area contributed by atoms with E-state index in [0.29, 0.717) is 24.4 Å². The van der Waals surface area contributed by atoms with Gasteiger partial charge in [0.1, 0.15) is 5.75 Å². The monoisotopic (exact) mass is 414 g/mol. The normalized spacial score (nSPS) is 14.6. The quantitative estimate of drug-likeness (QED) is 0.802. The second-order valence-corrected chi connectivity index (χ2v) is 7.98. The van der Waals surface area contributed by atoms with Crippen molar-refractivity contribution >= 4 is 23.4 Å². The molecule has 0 spiro atoms. The van der Waals surface area contributed by atoms with E-state index in [-0.39, 0.29) is 24.5 Å². The molecule has 0 atom stereocenters. The lowest BCUT2D eigenvalue weighted by Crippen LogP contribution is -2.47. The molecule has 0 aliphatic carbocycles. The number of hydrogen-bond acceptors (Lipinski definition) is 3. The Labute approximate surface area is 177 Å². The van der Waals surface area contributed by atoms with Crippen molar-refractivity contribution in [2.75, 3.05) is 19.7 Å². The van der Waals surface area contributed by atoms with E-state index in [1.54, 1.807) is 4.90 Å². The number of rotatable bonds is 5. The summed E-state index contributed by atoms with van der Waals surface area (Å²) >= 11 is 6.17. The minimum Gasteiger partial charge on any atom is -0.484 e. The van der Waals surface area contributed by atoms with Gasteiger partial charge in [0.05, 0.1) is 0 Å². The van der Waals surface area contributed by atoms with Crippen molar-refractivity contribution in [3.63, 3.8) is 0 Å². The van der Waals surface area contributed by atoms with Gasteiger partial charge in [0.15, 0.2) is 6.61 Å². The fourth-order valence-corrected chi connectivity index (χ4v) is 3.70. The summed E-state index contributed by atoms with van der Waals surface area (Å²) in [4.78, 5) is 26.8. The van der Waals surface area contributed by atoms with Crippen molar-refractivity contribution in [3.05, 3.63) is 63.7 Å². The van der Waals surface area contributed by atoms with Crippen LogP contribution >= 0.6 is 11.6 Å². The molecule has 3 rings (SSSR count). The summed E-state index contributed by atoms with van der Waals surface area (Å²) in [5.41, 5.74) is 3.52. The van der Waals surface area contributed by atoms with Crippen molar-refractivity contribution in [2.45, 2.75) is 39.7 Å². The first-order chi connectivity index (χ1) is 13.8. The second kappa shape index (κ2) is 9.31. The van der Waals surface area contributed by atoms with Gasteiger partial charge in [-0.15, -0.1) is 0 Å². The van der Waals surface area contributed by atoms with Gasteiger partial charge in [0, 0.05) is 29.7 Å². The number of hydrogen-bond donors (Lipinski definition) is 1. The van der Waals surface area contributed by atoms with E-state index in [2.05, 4.69) is 5.32 Å². The molecule has 154 valence electrons. The first-order valence-electron chi connectivity index (χ1n) is 9.89. The molecule has 5 nitrogen and oxygen atoms in total. The fraction of sp³-hybridized carbons (Fsp3) is 0.391. The summed E-state index contributed by atoms with van der Waals surface area (Å²) in [5, 5.41) is 3.81. The van der Waals surface area contributed by atoms with E-state index in [1.807, 2.05) is 57.2 Å². The van der Waals surface area contributed by atoms with Gasteiger partial charge in [-0.25, -0.2) is 0 Å². The lowest BCUT2D eigenvalue weighted by atomic mass is 10.0. The van der Waals surface area contributed by atoms with E-state index in [4.69, 9.17) is 16.3 Å². The zero-order chi connectivity index (χ0) is 21.0. The molecule has 0 bridgehead atoms. The second-order valence-electron chi connectivity index (χ2n) is 7.60. The minimum absolute atomic E-state index is 0.000742. The van der Waals surface area contributed by atoms with Crippen LogP contribution in [0.3, 0.4) is 0 Å². The average Bonchev–Trinajstić information content (AvgIpc) is 2.71. The van der Waals surface area contributed by atoms with Gasteiger partial charge in [0.25, 0.3) is 11.8 Å². The molecule has 2 amide bonds. The van der Waals surface area contributed by atoms with Gasteiger partial charge in [0.2, 0.25) is 0 Å². The zero-order valence-electron chi connectivity index (χ0n) is 17.1. The SMILES string of the molecule is Cc1ccccc1C(=O)NC1CCN(C(=O)COc2cc(C)c(Cl)c(C)c2)CC1. The third kappa shape index (κ3) is 5.30. The number of carbonyl (C=O) groups excluding carboxylic acids is 2. The number of aryl methyl sites for hydroxylation is 3. The lowest BCUT2D eigenvalue weighted by molar-refractivity contribution is -0.134. The lowest BCUT2D eigenvalue weighted by Gasteiger charge is -2.32. The van der Waals surface area contributed by atoms with Crippen LogP contribution in [-0.4, -0.2) is 42.5 Å². The van der Waals surface area contributed by atoms with Crippen LogP contribution in [0.1, 0.15) is 39.9 Å². The number of benzene rings is 2. The molecule has 2 aromatic carbocycles. The zero-order valence-corrected chi connectivity index (χ0v) is 17.9. The van der Waals surface area contributed by atoms with E-state index in [9.17, 15) is 9.59 Å². The largest absolute Gasteiger partial charge is 0.484 e. The minimum atomic E-state index is -0.0512. The maximum Gasteiger partial charge on any atom is 0.260 e. The Bertz CT molecular complexity index is 882. The molecule has 1 fully saturated rings. The highest BCUT2D eigenvalue weighted by Crippen LogP contribution is 2.26. The van der Waals surface area contributed by atoms with Crippen LogP contribution < -0.4 is 10.1 Å². The molecule has 1 saturated heterocycles. The van der Waals surface area contributed by atoms with Gasteiger partial charge < -0.3 is 15.0 Å². The molecule has 1 N–H and O–H groups in total. The predicted molar refractivity (Wildman–Crippen MR) is 115 cm³/mol. The molecule has 1 aliphatic heterocycles. The first-order valence-corrected chi connectivity index (χ1v) is 10.3. The van der Waals surface area contributed by atoms with E-state index >= 15 is 0 Å². The van der Waals surface area contributed by atoms with Gasteiger partial charge in [-0.1, -0.05) is 29.8 Å². The summed E-state index contributed by atoms with van der Waals surface area (Å²) in [6.45, 7) is 6.99. The third-order valence-electron chi connectivity index (χ3n) is 5.34. The Kier molecular flexibility index (Phi) is 6.80. The Balaban J connectivity index is 1.47. The van der Waals surface area contributed by atoms with Gasteiger partial charge in [-0.05, 0) is 68.5 Å². The Morgan fingerprint density at radius 1 is 1.07 bits per heavy atom. The number of carbonyl (C=O) groups is 2. The molecule has 2 aromatic rings. The van der Waals surface area contributed by atoms with Crippen LogP contribution in [0.25, 0.3) is 0 Å². The van der Waals surface area contributed by atoms with Crippen LogP contribution in [-0.2, 0) is 4.79 Å². The summed E-state index contributed by atoms with van der Waals surface area (Å²) in [6.07, 6.45) is 1.48.